The molecule has 88 valence electrons. The second-order valence-corrected chi connectivity index (χ2v) is 3.19. The third-order valence-electron chi connectivity index (χ3n) is 2.05. The fourth-order valence-corrected chi connectivity index (χ4v) is 1.10. The molecule has 1 aromatic heterocycles. The Kier molecular flexibility index (Phi) is 4.07. The van der Waals surface area contributed by atoms with E-state index >= 15 is 0 Å². The Bertz CT molecular complexity index is 361. The van der Waals surface area contributed by atoms with Crippen LogP contribution in [-0.4, -0.2) is 37.1 Å². The van der Waals surface area contributed by atoms with Crippen LogP contribution < -0.4 is 5.32 Å². The summed E-state index contributed by atoms with van der Waals surface area (Å²) in [6, 6.07) is 2.44. The number of furan rings is 1. The molecule has 0 radical (unpaired) electrons. The lowest BCUT2D eigenvalue weighted by atomic mass is 10.3. The molecule has 0 aromatic carbocycles. The van der Waals surface area contributed by atoms with E-state index in [1.54, 1.807) is 13.0 Å². The van der Waals surface area contributed by atoms with Crippen molar-refractivity contribution in [1.29, 1.82) is 0 Å². The van der Waals surface area contributed by atoms with Gasteiger partial charge in [0.05, 0.1) is 13.4 Å². The van der Waals surface area contributed by atoms with E-state index in [-0.39, 0.29) is 11.7 Å². The topological polar surface area (TPSA) is 71.8 Å². The molecular weight excluding hydrogens is 212 g/mol. The van der Waals surface area contributed by atoms with Gasteiger partial charge in [0.25, 0.3) is 11.8 Å². The highest BCUT2D eigenvalue weighted by Crippen LogP contribution is 2.01. The molecule has 0 saturated heterocycles. The van der Waals surface area contributed by atoms with Gasteiger partial charge in [0, 0.05) is 7.05 Å². The molecule has 6 nitrogen and oxygen atoms in total. The molecule has 1 N–H and O–H groups in total. The maximum absolute atomic E-state index is 11.5. The molecule has 0 saturated carbocycles. The van der Waals surface area contributed by atoms with Crippen molar-refractivity contribution in [2.45, 2.75) is 13.0 Å². The Labute approximate surface area is 93.1 Å². The average molecular weight is 226 g/mol. The summed E-state index contributed by atoms with van der Waals surface area (Å²) in [5.74, 6) is -0.613. The zero-order valence-corrected chi connectivity index (χ0v) is 9.39. The van der Waals surface area contributed by atoms with Crippen LogP contribution >= 0.6 is 0 Å². The van der Waals surface area contributed by atoms with Gasteiger partial charge in [-0.05, 0) is 19.1 Å². The second-order valence-electron chi connectivity index (χ2n) is 3.19. The lowest BCUT2D eigenvalue weighted by Crippen LogP contribution is -2.45. The summed E-state index contributed by atoms with van der Waals surface area (Å²) in [5, 5.41) is 3.54. The molecule has 1 atom stereocenters. The van der Waals surface area contributed by atoms with Crippen molar-refractivity contribution in [3.05, 3.63) is 24.2 Å². The van der Waals surface area contributed by atoms with Gasteiger partial charge in [0.15, 0.2) is 5.76 Å². The maximum atomic E-state index is 11.5. The third-order valence-corrected chi connectivity index (χ3v) is 2.05. The van der Waals surface area contributed by atoms with Crippen LogP contribution in [-0.2, 0) is 9.63 Å². The van der Waals surface area contributed by atoms with Gasteiger partial charge in [0.2, 0.25) is 0 Å². The number of hydroxylamine groups is 2. The minimum atomic E-state index is -0.678. The van der Waals surface area contributed by atoms with Gasteiger partial charge >= 0.3 is 0 Å². The van der Waals surface area contributed by atoms with E-state index in [9.17, 15) is 9.59 Å². The van der Waals surface area contributed by atoms with E-state index in [4.69, 9.17) is 9.25 Å². The lowest BCUT2D eigenvalue weighted by molar-refractivity contribution is -0.170. The monoisotopic (exact) mass is 226 g/mol. The van der Waals surface area contributed by atoms with Crippen LogP contribution in [0.15, 0.2) is 22.8 Å². The number of carbonyl (C=O) groups excluding carboxylic acids is 2. The van der Waals surface area contributed by atoms with Crippen LogP contribution in [0.3, 0.4) is 0 Å². The standard InChI is InChI=1S/C10H14N2O4/c1-7(10(14)12(2)15-3)11-9(13)8-5-4-6-16-8/h4-7H,1-3H3,(H,11,13). The molecule has 0 bridgehead atoms. The lowest BCUT2D eigenvalue weighted by Gasteiger charge is -2.19. The Morgan fingerprint density at radius 3 is 2.75 bits per heavy atom. The summed E-state index contributed by atoms with van der Waals surface area (Å²) in [6.07, 6.45) is 1.39. The highest BCUT2D eigenvalue weighted by atomic mass is 16.7. The van der Waals surface area contributed by atoms with Crippen LogP contribution in [0, 0.1) is 0 Å². The first-order valence-electron chi connectivity index (χ1n) is 4.72. The van der Waals surface area contributed by atoms with Crippen molar-refractivity contribution in [2.24, 2.45) is 0 Å². The van der Waals surface area contributed by atoms with Crippen molar-refractivity contribution in [3.63, 3.8) is 0 Å². The molecule has 0 fully saturated rings. The summed E-state index contributed by atoms with van der Waals surface area (Å²) in [6.45, 7) is 1.57. The fourth-order valence-electron chi connectivity index (χ4n) is 1.10. The molecule has 0 aliphatic carbocycles. The molecule has 6 heteroatoms. The van der Waals surface area contributed by atoms with Crippen LogP contribution in [0.1, 0.15) is 17.5 Å². The third kappa shape index (κ3) is 2.83. The fraction of sp³-hybridized carbons (Fsp3) is 0.400. The zero-order chi connectivity index (χ0) is 12.1. The van der Waals surface area contributed by atoms with E-state index in [1.807, 2.05) is 0 Å². The molecule has 0 aliphatic heterocycles. The van der Waals surface area contributed by atoms with E-state index in [2.05, 4.69) is 5.32 Å². The zero-order valence-electron chi connectivity index (χ0n) is 9.39. The minimum Gasteiger partial charge on any atom is -0.459 e. The minimum absolute atomic E-state index is 0.166. The van der Waals surface area contributed by atoms with E-state index < -0.39 is 11.9 Å². The first-order valence-corrected chi connectivity index (χ1v) is 4.72. The highest BCUT2D eigenvalue weighted by Gasteiger charge is 2.20. The van der Waals surface area contributed by atoms with E-state index in [1.165, 1.54) is 26.5 Å². The van der Waals surface area contributed by atoms with Gasteiger partial charge in [-0.15, -0.1) is 0 Å². The predicted molar refractivity (Wildman–Crippen MR) is 55.4 cm³/mol. The number of rotatable bonds is 4. The Morgan fingerprint density at radius 1 is 1.56 bits per heavy atom. The summed E-state index contributed by atoms with van der Waals surface area (Å²) in [5.41, 5.74) is 0. The molecule has 2 amide bonds. The van der Waals surface area contributed by atoms with Gasteiger partial charge in [-0.2, -0.15) is 0 Å². The summed E-state index contributed by atoms with van der Waals surface area (Å²) < 4.78 is 4.89. The summed E-state index contributed by atoms with van der Waals surface area (Å²) >= 11 is 0. The van der Waals surface area contributed by atoms with E-state index in [0.717, 1.165) is 5.06 Å². The van der Waals surface area contributed by atoms with Crippen molar-refractivity contribution in [2.75, 3.05) is 14.2 Å². The number of nitrogens with one attached hydrogen (secondary N) is 1. The quantitative estimate of drug-likeness (QED) is 0.755. The Morgan fingerprint density at radius 2 is 2.25 bits per heavy atom. The molecule has 1 unspecified atom stereocenters. The van der Waals surface area contributed by atoms with Gasteiger partial charge in [-0.1, -0.05) is 0 Å². The van der Waals surface area contributed by atoms with Crippen molar-refractivity contribution in [3.8, 4) is 0 Å². The van der Waals surface area contributed by atoms with Crippen molar-refractivity contribution < 1.29 is 18.8 Å². The van der Waals surface area contributed by atoms with Crippen LogP contribution in [0.25, 0.3) is 0 Å². The van der Waals surface area contributed by atoms with Crippen molar-refractivity contribution in [1.82, 2.24) is 10.4 Å². The van der Waals surface area contributed by atoms with E-state index in [0.29, 0.717) is 0 Å². The number of carbonyl (C=O) groups is 2. The summed E-state index contributed by atoms with van der Waals surface area (Å²) in [4.78, 5) is 27.8. The molecule has 0 spiro atoms. The first-order chi connectivity index (χ1) is 7.56. The number of amides is 2. The van der Waals surface area contributed by atoms with Crippen LogP contribution in [0.5, 0.6) is 0 Å². The largest absolute Gasteiger partial charge is 0.459 e. The van der Waals surface area contributed by atoms with Gasteiger partial charge < -0.3 is 9.73 Å². The van der Waals surface area contributed by atoms with Crippen molar-refractivity contribution >= 4 is 11.8 Å². The van der Waals surface area contributed by atoms with Gasteiger partial charge in [-0.3, -0.25) is 14.4 Å². The number of hydrogen-bond acceptors (Lipinski definition) is 4. The number of likely N-dealkylation sites (N-methyl/N-ethyl adjacent to an activating group) is 1. The Balaban J connectivity index is 2.55. The second kappa shape index (κ2) is 5.32. The van der Waals surface area contributed by atoms with Gasteiger partial charge in [-0.25, -0.2) is 5.06 Å². The molecule has 16 heavy (non-hydrogen) atoms. The normalized spacial score (nSPS) is 11.9. The highest BCUT2D eigenvalue weighted by molar-refractivity contribution is 5.95. The van der Waals surface area contributed by atoms with Crippen LogP contribution in [0.4, 0.5) is 0 Å². The predicted octanol–water partition coefficient (Wildman–Crippen LogP) is 0.418. The Hall–Kier alpha value is -1.82. The first kappa shape index (κ1) is 12.3. The number of nitrogens with zero attached hydrogens (tertiary/aromatic N) is 1. The SMILES string of the molecule is CON(C)C(=O)C(C)NC(=O)c1ccco1. The summed E-state index contributed by atoms with van der Waals surface area (Å²) in [7, 11) is 2.84. The molecule has 1 aromatic rings. The maximum Gasteiger partial charge on any atom is 0.287 e. The van der Waals surface area contributed by atoms with Gasteiger partial charge in [0.1, 0.15) is 6.04 Å². The van der Waals surface area contributed by atoms with Crippen LogP contribution in [0.2, 0.25) is 0 Å². The number of hydrogen-bond donors (Lipinski definition) is 1. The average Bonchev–Trinajstić information content (AvgIpc) is 2.80. The molecule has 0 aliphatic rings. The molecular formula is C10H14N2O4. The smallest absolute Gasteiger partial charge is 0.287 e. The molecule has 1 heterocycles. The molecule has 1 rings (SSSR count).